The smallest absolute Gasteiger partial charge is 0.305 e. The average molecular weight is 719 g/mol. The van der Waals surface area contributed by atoms with Gasteiger partial charge in [-0.15, -0.1) is 0 Å². The minimum Gasteiger partial charge on any atom is -0.463 e. The molecule has 7 heteroatoms. The highest BCUT2D eigenvalue weighted by Gasteiger charge is 2.12. The number of unbranched alkanes of at least 4 members (excludes halogenated alkanes) is 16. The normalized spacial score (nSPS) is 14.5. The van der Waals surface area contributed by atoms with Gasteiger partial charge in [-0.2, -0.15) is 0 Å². The largest absolute Gasteiger partial charge is 0.463 e. The first-order valence-electron chi connectivity index (χ1n) is 20.8. The molecule has 0 aromatic heterocycles. The molecule has 4 atom stereocenters. The van der Waals surface area contributed by atoms with E-state index in [0.29, 0.717) is 25.7 Å². The third-order valence-corrected chi connectivity index (χ3v) is 9.30. The van der Waals surface area contributed by atoms with E-state index in [1.165, 1.54) is 103 Å². The molecule has 0 heterocycles. The van der Waals surface area contributed by atoms with Crippen LogP contribution in [-0.2, 0) is 19.1 Å². The molecule has 1 unspecified atom stereocenters. The van der Waals surface area contributed by atoms with Crippen LogP contribution in [-0.4, -0.2) is 58.8 Å². The van der Waals surface area contributed by atoms with Crippen molar-refractivity contribution in [1.82, 2.24) is 0 Å². The van der Waals surface area contributed by atoms with Crippen LogP contribution in [0.1, 0.15) is 181 Å². The zero-order valence-electron chi connectivity index (χ0n) is 33.0. The summed E-state index contributed by atoms with van der Waals surface area (Å²) in [6.45, 7) is 6.41. The molecule has 0 aliphatic carbocycles. The van der Waals surface area contributed by atoms with Crippen molar-refractivity contribution < 1.29 is 34.4 Å². The SMILES string of the molecule is CCCCC/C=C\C[C@@H](O)/C=C/C=C/C=C\[C@@H](O)CCCC(=O)OC[C@@H](O)COC(=O)CCCCCCCCCCCCCCCCC(C)CC. The van der Waals surface area contributed by atoms with Gasteiger partial charge in [0.15, 0.2) is 0 Å². The standard InChI is InChI=1S/C44H78O7/c1-4-6-7-8-20-25-31-40(45)32-26-22-23-27-33-41(46)34-29-36-44(49)51-38-42(47)37-50-43(48)35-28-21-18-16-14-12-10-9-11-13-15-17-19-24-30-39(3)5-2/h20,22-23,25-27,32-33,39-42,45-47H,4-19,21,24,28-31,34-38H2,1-3H3/b23-22+,25-20-,32-26+,33-27-/t39?,40-,41-,42+/m1/s1. The summed E-state index contributed by atoms with van der Waals surface area (Å²) in [5.41, 5.74) is 0. The highest BCUT2D eigenvalue weighted by molar-refractivity contribution is 5.69. The van der Waals surface area contributed by atoms with Gasteiger partial charge in [-0.25, -0.2) is 0 Å². The number of carbonyl (C=O) groups excluding carboxylic acids is 2. The minimum atomic E-state index is -1.06. The number of ether oxygens (including phenoxy) is 2. The number of rotatable bonds is 36. The highest BCUT2D eigenvalue weighted by atomic mass is 16.6. The molecule has 0 aliphatic rings. The minimum absolute atomic E-state index is 0.125. The zero-order chi connectivity index (χ0) is 37.6. The molecular formula is C44H78O7. The fourth-order valence-electron chi connectivity index (χ4n) is 5.67. The fraction of sp³-hybridized carbons (Fsp3) is 0.773. The Morgan fingerprint density at radius 1 is 0.549 bits per heavy atom. The second-order valence-corrected chi connectivity index (χ2v) is 14.4. The van der Waals surface area contributed by atoms with Gasteiger partial charge < -0.3 is 24.8 Å². The van der Waals surface area contributed by atoms with Crippen molar-refractivity contribution in [3.8, 4) is 0 Å². The monoisotopic (exact) mass is 719 g/mol. The predicted octanol–water partition coefficient (Wildman–Crippen LogP) is 10.8. The van der Waals surface area contributed by atoms with Crippen LogP contribution >= 0.6 is 0 Å². The number of carbonyl (C=O) groups is 2. The maximum Gasteiger partial charge on any atom is 0.305 e. The van der Waals surface area contributed by atoms with Crippen LogP contribution < -0.4 is 0 Å². The molecule has 0 aromatic carbocycles. The van der Waals surface area contributed by atoms with Crippen LogP contribution in [0, 0.1) is 5.92 Å². The third-order valence-electron chi connectivity index (χ3n) is 9.30. The van der Waals surface area contributed by atoms with Crippen molar-refractivity contribution in [3.63, 3.8) is 0 Å². The highest BCUT2D eigenvalue weighted by Crippen LogP contribution is 2.16. The Morgan fingerprint density at radius 2 is 1.04 bits per heavy atom. The molecule has 3 N–H and O–H groups in total. The van der Waals surface area contributed by atoms with Crippen LogP contribution in [0.2, 0.25) is 0 Å². The van der Waals surface area contributed by atoms with Gasteiger partial charge in [-0.05, 0) is 44.4 Å². The van der Waals surface area contributed by atoms with E-state index in [1.807, 2.05) is 6.08 Å². The van der Waals surface area contributed by atoms with Gasteiger partial charge in [0, 0.05) is 12.8 Å². The Bertz CT molecular complexity index is 909. The third kappa shape index (κ3) is 37.3. The van der Waals surface area contributed by atoms with E-state index in [4.69, 9.17) is 9.47 Å². The molecule has 0 saturated heterocycles. The summed E-state index contributed by atoms with van der Waals surface area (Å²) in [5.74, 6) is 0.0954. The van der Waals surface area contributed by atoms with Crippen molar-refractivity contribution in [2.24, 2.45) is 5.92 Å². The van der Waals surface area contributed by atoms with E-state index in [-0.39, 0.29) is 25.6 Å². The summed E-state index contributed by atoms with van der Waals surface area (Å²) in [6, 6.07) is 0. The summed E-state index contributed by atoms with van der Waals surface area (Å²) >= 11 is 0. The maximum atomic E-state index is 12.0. The lowest BCUT2D eigenvalue weighted by Crippen LogP contribution is -2.25. The molecule has 296 valence electrons. The van der Waals surface area contributed by atoms with Crippen LogP contribution in [0.3, 0.4) is 0 Å². The maximum absolute atomic E-state index is 12.0. The van der Waals surface area contributed by atoms with Crippen LogP contribution in [0.15, 0.2) is 48.6 Å². The lowest BCUT2D eigenvalue weighted by Gasteiger charge is -2.12. The molecule has 51 heavy (non-hydrogen) atoms. The first-order valence-corrected chi connectivity index (χ1v) is 20.8. The summed E-state index contributed by atoms with van der Waals surface area (Å²) in [4.78, 5) is 24.0. The van der Waals surface area contributed by atoms with Gasteiger partial charge in [-0.3, -0.25) is 9.59 Å². The van der Waals surface area contributed by atoms with Gasteiger partial charge in [0.25, 0.3) is 0 Å². The van der Waals surface area contributed by atoms with Crippen LogP contribution in [0.5, 0.6) is 0 Å². The fourth-order valence-corrected chi connectivity index (χ4v) is 5.67. The number of hydrogen-bond donors (Lipinski definition) is 3. The van der Waals surface area contributed by atoms with Crippen molar-refractivity contribution in [2.45, 2.75) is 200 Å². The van der Waals surface area contributed by atoms with E-state index >= 15 is 0 Å². The number of hydrogen-bond acceptors (Lipinski definition) is 7. The van der Waals surface area contributed by atoms with E-state index < -0.39 is 24.3 Å². The van der Waals surface area contributed by atoms with Crippen molar-refractivity contribution in [2.75, 3.05) is 13.2 Å². The van der Waals surface area contributed by atoms with Gasteiger partial charge in [0.1, 0.15) is 19.3 Å². The van der Waals surface area contributed by atoms with Gasteiger partial charge in [0.05, 0.1) is 12.2 Å². The molecule has 0 fully saturated rings. The first-order chi connectivity index (χ1) is 24.8. The zero-order valence-corrected chi connectivity index (χ0v) is 33.0. The Balaban J connectivity index is 3.67. The molecule has 7 nitrogen and oxygen atoms in total. The summed E-state index contributed by atoms with van der Waals surface area (Å²) < 4.78 is 10.2. The summed E-state index contributed by atoms with van der Waals surface area (Å²) in [5, 5.41) is 30.1. The van der Waals surface area contributed by atoms with Crippen LogP contribution in [0.4, 0.5) is 0 Å². The van der Waals surface area contributed by atoms with Crippen molar-refractivity contribution in [1.29, 1.82) is 0 Å². The molecule has 0 radical (unpaired) electrons. The Kier molecular flexibility index (Phi) is 35.9. The van der Waals surface area contributed by atoms with E-state index in [1.54, 1.807) is 36.5 Å². The molecule has 0 aliphatic heterocycles. The van der Waals surface area contributed by atoms with Gasteiger partial charge in [0.2, 0.25) is 0 Å². The summed E-state index contributed by atoms with van der Waals surface area (Å²) in [6.07, 6.45) is 39.4. The first kappa shape index (κ1) is 48.8. The van der Waals surface area contributed by atoms with Crippen LogP contribution in [0.25, 0.3) is 0 Å². The number of esters is 2. The average Bonchev–Trinajstić information content (AvgIpc) is 3.12. The number of aliphatic hydroxyl groups is 3. The lowest BCUT2D eigenvalue weighted by molar-refractivity contribution is -0.152. The topological polar surface area (TPSA) is 113 Å². The lowest BCUT2D eigenvalue weighted by atomic mass is 9.99. The van der Waals surface area contributed by atoms with Crippen molar-refractivity contribution >= 4 is 11.9 Å². The molecular weight excluding hydrogens is 640 g/mol. The molecule has 0 aromatic rings. The van der Waals surface area contributed by atoms with E-state index in [2.05, 4.69) is 26.8 Å². The Morgan fingerprint density at radius 3 is 1.57 bits per heavy atom. The van der Waals surface area contributed by atoms with Gasteiger partial charge >= 0.3 is 11.9 Å². The molecule has 0 saturated carbocycles. The molecule has 0 bridgehead atoms. The molecule has 0 rings (SSSR count). The quantitative estimate of drug-likeness (QED) is 0.0256. The molecule has 0 spiro atoms. The number of allylic oxidation sites excluding steroid dienone is 5. The predicted molar refractivity (Wildman–Crippen MR) is 212 cm³/mol. The second kappa shape index (κ2) is 37.5. The Labute approximate surface area is 313 Å². The van der Waals surface area contributed by atoms with Gasteiger partial charge in [-0.1, -0.05) is 179 Å². The van der Waals surface area contributed by atoms with Crippen molar-refractivity contribution in [3.05, 3.63) is 48.6 Å². The molecule has 0 amide bonds. The number of aliphatic hydroxyl groups excluding tert-OH is 3. The summed E-state index contributed by atoms with van der Waals surface area (Å²) in [7, 11) is 0. The van der Waals surface area contributed by atoms with E-state index in [9.17, 15) is 24.9 Å². The van der Waals surface area contributed by atoms with E-state index in [0.717, 1.165) is 31.6 Å². The second-order valence-electron chi connectivity index (χ2n) is 14.4. The Hall–Kier alpha value is -2.22.